The fourth-order valence-corrected chi connectivity index (χ4v) is 2.85. The normalized spacial score (nSPS) is 18.4. The van der Waals surface area contributed by atoms with E-state index in [1.807, 2.05) is 24.3 Å². The van der Waals surface area contributed by atoms with Gasteiger partial charge < -0.3 is 15.4 Å². The summed E-state index contributed by atoms with van der Waals surface area (Å²) in [5.41, 5.74) is 0.705. The van der Waals surface area contributed by atoms with E-state index in [-0.39, 0.29) is 23.9 Å². The van der Waals surface area contributed by atoms with Gasteiger partial charge in [-0.25, -0.2) is 0 Å². The predicted molar refractivity (Wildman–Crippen MR) is 91.7 cm³/mol. The Bertz CT molecular complexity index is 470. The molecule has 1 amide bonds. The van der Waals surface area contributed by atoms with E-state index in [4.69, 9.17) is 16.3 Å². The summed E-state index contributed by atoms with van der Waals surface area (Å²) in [6.07, 6.45) is 1.22. The van der Waals surface area contributed by atoms with Crippen molar-refractivity contribution in [3.63, 3.8) is 0 Å². The molecule has 1 heterocycles. The summed E-state index contributed by atoms with van der Waals surface area (Å²) >= 11 is 5.96. The minimum Gasteiger partial charge on any atom is -0.366 e. The van der Waals surface area contributed by atoms with Crippen LogP contribution in [0.2, 0.25) is 5.02 Å². The van der Waals surface area contributed by atoms with Crippen LogP contribution in [-0.4, -0.2) is 31.7 Å². The number of halogens is 2. The highest BCUT2D eigenvalue weighted by atomic mass is 35.5. The topological polar surface area (TPSA) is 50.4 Å². The molecule has 0 bridgehead atoms. The second-order valence-electron chi connectivity index (χ2n) is 5.35. The fourth-order valence-electron chi connectivity index (χ4n) is 2.73. The van der Waals surface area contributed by atoms with E-state index < -0.39 is 6.10 Å². The third-order valence-corrected chi connectivity index (χ3v) is 4.44. The van der Waals surface area contributed by atoms with Crippen LogP contribution in [0, 0.1) is 0 Å². The number of amides is 1. The summed E-state index contributed by atoms with van der Waals surface area (Å²) in [6, 6.07) is 7.69. The van der Waals surface area contributed by atoms with Crippen molar-refractivity contribution in [2.75, 3.05) is 19.7 Å². The zero-order valence-corrected chi connectivity index (χ0v) is 14.6. The van der Waals surface area contributed by atoms with Crippen LogP contribution < -0.4 is 10.6 Å². The Labute approximate surface area is 143 Å². The summed E-state index contributed by atoms with van der Waals surface area (Å²) < 4.78 is 5.53. The first-order chi connectivity index (χ1) is 10.1. The van der Waals surface area contributed by atoms with Gasteiger partial charge in [-0.15, -0.1) is 12.4 Å². The van der Waals surface area contributed by atoms with Gasteiger partial charge in [-0.05, 0) is 30.5 Å². The third kappa shape index (κ3) is 4.35. The van der Waals surface area contributed by atoms with Gasteiger partial charge in [0.05, 0.1) is 12.1 Å². The van der Waals surface area contributed by atoms with E-state index in [0.29, 0.717) is 18.2 Å². The largest absolute Gasteiger partial charge is 0.366 e. The number of benzene rings is 1. The Morgan fingerprint density at radius 3 is 2.50 bits per heavy atom. The molecule has 1 aromatic carbocycles. The van der Waals surface area contributed by atoms with E-state index in [9.17, 15) is 4.79 Å². The monoisotopic (exact) mass is 346 g/mol. The molecule has 2 rings (SSSR count). The summed E-state index contributed by atoms with van der Waals surface area (Å²) in [5, 5.41) is 7.07. The van der Waals surface area contributed by atoms with E-state index in [1.165, 1.54) is 0 Å². The molecule has 0 saturated carbocycles. The van der Waals surface area contributed by atoms with Crippen molar-refractivity contribution in [2.24, 2.45) is 0 Å². The van der Waals surface area contributed by atoms with Gasteiger partial charge in [-0.1, -0.05) is 37.6 Å². The number of nitrogens with one attached hydrogen (secondary N) is 2. The van der Waals surface area contributed by atoms with Crippen LogP contribution in [0.5, 0.6) is 0 Å². The molecule has 1 aliphatic heterocycles. The Morgan fingerprint density at radius 1 is 1.36 bits per heavy atom. The van der Waals surface area contributed by atoms with Gasteiger partial charge in [0.15, 0.2) is 0 Å². The standard InChI is InChI=1S/C16H23ClN2O2.ClH/c1-3-16(4-2,12-5-7-13(17)8-6-12)19-15(20)14-11-18-9-10-21-14;/h5-8,14,18H,3-4,9-11H2,1-2H3,(H,19,20);1H. The molecule has 0 aromatic heterocycles. The molecular weight excluding hydrogens is 323 g/mol. The van der Waals surface area contributed by atoms with Crippen molar-refractivity contribution in [1.82, 2.24) is 10.6 Å². The molecule has 22 heavy (non-hydrogen) atoms. The lowest BCUT2D eigenvalue weighted by Gasteiger charge is -2.35. The predicted octanol–water partition coefficient (Wildman–Crippen LogP) is 2.88. The maximum absolute atomic E-state index is 12.5. The zero-order chi connectivity index (χ0) is 15.3. The Hall–Kier alpha value is -0.810. The first kappa shape index (κ1) is 19.2. The Balaban J connectivity index is 0.00000242. The maximum Gasteiger partial charge on any atom is 0.251 e. The van der Waals surface area contributed by atoms with E-state index >= 15 is 0 Å². The van der Waals surface area contributed by atoms with Gasteiger partial charge in [-0.2, -0.15) is 0 Å². The van der Waals surface area contributed by atoms with Crippen LogP contribution in [-0.2, 0) is 15.1 Å². The number of hydrogen-bond donors (Lipinski definition) is 2. The zero-order valence-electron chi connectivity index (χ0n) is 13.0. The maximum atomic E-state index is 12.5. The van der Waals surface area contributed by atoms with Crippen LogP contribution >= 0.6 is 24.0 Å². The molecule has 124 valence electrons. The van der Waals surface area contributed by atoms with E-state index in [1.54, 1.807) is 0 Å². The fraction of sp³-hybridized carbons (Fsp3) is 0.562. The van der Waals surface area contributed by atoms with Crippen molar-refractivity contribution in [3.05, 3.63) is 34.9 Å². The molecule has 1 saturated heterocycles. The molecule has 4 nitrogen and oxygen atoms in total. The summed E-state index contributed by atoms with van der Waals surface area (Å²) in [7, 11) is 0. The van der Waals surface area contributed by atoms with Crippen LogP contribution in [0.4, 0.5) is 0 Å². The first-order valence-electron chi connectivity index (χ1n) is 7.51. The Morgan fingerprint density at radius 2 is 2.00 bits per heavy atom. The summed E-state index contributed by atoms with van der Waals surface area (Å²) in [4.78, 5) is 12.5. The first-order valence-corrected chi connectivity index (χ1v) is 7.89. The smallest absolute Gasteiger partial charge is 0.251 e. The molecule has 1 aromatic rings. The van der Waals surface area contributed by atoms with Gasteiger partial charge in [0.1, 0.15) is 6.10 Å². The van der Waals surface area contributed by atoms with Crippen molar-refractivity contribution in [2.45, 2.75) is 38.3 Å². The molecule has 0 aliphatic carbocycles. The quantitative estimate of drug-likeness (QED) is 0.861. The minimum absolute atomic E-state index is 0. The molecule has 0 radical (unpaired) electrons. The van der Waals surface area contributed by atoms with Crippen LogP contribution in [0.1, 0.15) is 32.3 Å². The lowest BCUT2D eigenvalue weighted by molar-refractivity contribution is -0.136. The number of carbonyl (C=O) groups is 1. The van der Waals surface area contributed by atoms with Gasteiger partial charge in [0.2, 0.25) is 0 Å². The summed E-state index contributed by atoms with van der Waals surface area (Å²) in [5.74, 6) is -0.0548. The SMILES string of the molecule is CCC(CC)(NC(=O)C1CNCCO1)c1ccc(Cl)cc1.Cl. The molecule has 1 aliphatic rings. The van der Waals surface area contributed by atoms with Crippen molar-refractivity contribution in [1.29, 1.82) is 0 Å². The molecule has 1 unspecified atom stereocenters. The molecular formula is C16H24Cl2N2O2. The molecule has 6 heteroatoms. The highest BCUT2D eigenvalue weighted by Crippen LogP contribution is 2.30. The van der Waals surface area contributed by atoms with Crippen LogP contribution in [0.15, 0.2) is 24.3 Å². The van der Waals surface area contributed by atoms with Gasteiger partial charge >= 0.3 is 0 Å². The highest BCUT2D eigenvalue weighted by molar-refractivity contribution is 6.30. The van der Waals surface area contributed by atoms with Gasteiger partial charge in [0.25, 0.3) is 5.91 Å². The molecule has 1 fully saturated rings. The highest BCUT2D eigenvalue weighted by Gasteiger charge is 2.33. The molecule has 0 spiro atoms. The van der Waals surface area contributed by atoms with Gasteiger partial charge in [0, 0.05) is 18.1 Å². The average molecular weight is 347 g/mol. The van der Waals surface area contributed by atoms with E-state index in [2.05, 4.69) is 24.5 Å². The summed E-state index contributed by atoms with van der Waals surface area (Å²) in [6.45, 7) is 6.10. The number of ether oxygens (including phenoxy) is 1. The lowest BCUT2D eigenvalue weighted by Crippen LogP contribution is -2.54. The third-order valence-electron chi connectivity index (χ3n) is 4.19. The second-order valence-corrected chi connectivity index (χ2v) is 5.79. The number of carbonyl (C=O) groups excluding carboxylic acids is 1. The number of morpholine rings is 1. The van der Waals surface area contributed by atoms with Crippen molar-refractivity contribution in [3.8, 4) is 0 Å². The molecule has 2 N–H and O–H groups in total. The minimum atomic E-state index is -0.413. The average Bonchev–Trinajstić information content (AvgIpc) is 2.54. The number of hydrogen-bond acceptors (Lipinski definition) is 3. The van der Waals surface area contributed by atoms with Crippen molar-refractivity contribution >= 4 is 29.9 Å². The van der Waals surface area contributed by atoms with Crippen LogP contribution in [0.3, 0.4) is 0 Å². The second kappa shape index (κ2) is 8.73. The number of rotatable bonds is 5. The van der Waals surface area contributed by atoms with Gasteiger partial charge in [-0.3, -0.25) is 4.79 Å². The van der Waals surface area contributed by atoms with Crippen LogP contribution in [0.25, 0.3) is 0 Å². The van der Waals surface area contributed by atoms with Crippen molar-refractivity contribution < 1.29 is 9.53 Å². The lowest BCUT2D eigenvalue weighted by atomic mass is 9.84. The Kier molecular flexibility index (Phi) is 7.63. The van der Waals surface area contributed by atoms with E-state index in [0.717, 1.165) is 24.9 Å². The molecule has 1 atom stereocenters.